The van der Waals surface area contributed by atoms with Crippen molar-refractivity contribution >= 4 is 29.4 Å². The molecule has 8 nitrogen and oxygen atoms in total. The van der Waals surface area contributed by atoms with Crippen LogP contribution in [0.1, 0.15) is 37.9 Å². The lowest BCUT2D eigenvalue weighted by Gasteiger charge is -2.24. The summed E-state index contributed by atoms with van der Waals surface area (Å²) in [6, 6.07) is 13.4. The van der Waals surface area contributed by atoms with Gasteiger partial charge in [0.1, 0.15) is 18.1 Å². The number of esters is 2. The smallest absolute Gasteiger partial charge is 0.338 e. The molecular weight excluding hydrogens is 492 g/mol. The second-order valence-electron chi connectivity index (χ2n) is 8.14. The number of thiazole rings is 1. The largest absolute Gasteiger partial charge is 0.490 e. The average Bonchev–Trinajstić information content (AvgIpc) is 3.16. The highest BCUT2D eigenvalue weighted by Crippen LogP contribution is 2.31. The number of ether oxygens (including phenoxy) is 3. The predicted molar refractivity (Wildman–Crippen MR) is 140 cm³/mol. The summed E-state index contributed by atoms with van der Waals surface area (Å²) in [5.41, 5.74) is 1.89. The molecule has 0 saturated heterocycles. The van der Waals surface area contributed by atoms with Crippen LogP contribution in [0.15, 0.2) is 82.2 Å². The van der Waals surface area contributed by atoms with Crippen LogP contribution < -0.4 is 24.4 Å². The van der Waals surface area contributed by atoms with Gasteiger partial charge in [-0.15, -0.1) is 0 Å². The van der Waals surface area contributed by atoms with Gasteiger partial charge in [-0.3, -0.25) is 14.2 Å². The molecule has 1 aliphatic rings. The predicted octanol–water partition coefficient (Wildman–Crippen LogP) is 3.29. The van der Waals surface area contributed by atoms with Crippen LogP contribution in [0.5, 0.6) is 11.5 Å². The molecule has 1 aromatic heterocycles. The van der Waals surface area contributed by atoms with E-state index >= 15 is 0 Å². The van der Waals surface area contributed by atoms with E-state index in [9.17, 15) is 14.4 Å². The van der Waals surface area contributed by atoms with E-state index in [0.717, 1.165) is 0 Å². The van der Waals surface area contributed by atoms with E-state index in [0.29, 0.717) is 49.8 Å². The van der Waals surface area contributed by atoms with Crippen LogP contribution in [0.4, 0.5) is 0 Å². The van der Waals surface area contributed by atoms with Gasteiger partial charge in [0.25, 0.3) is 5.56 Å². The van der Waals surface area contributed by atoms with Crippen molar-refractivity contribution in [3.8, 4) is 11.5 Å². The highest BCUT2D eigenvalue weighted by atomic mass is 32.1. The molecule has 0 amide bonds. The minimum absolute atomic E-state index is 0.194. The summed E-state index contributed by atoms with van der Waals surface area (Å²) in [5, 5.41) is 0. The van der Waals surface area contributed by atoms with Gasteiger partial charge in [-0.05, 0) is 55.3 Å². The normalized spacial score (nSPS) is 15.0. The van der Waals surface area contributed by atoms with E-state index in [4.69, 9.17) is 14.2 Å². The minimum Gasteiger partial charge on any atom is -0.490 e. The van der Waals surface area contributed by atoms with Gasteiger partial charge >= 0.3 is 11.9 Å². The van der Waals surface area contributed by atoms with Gasteiger partial charge in [0, 0.05) is 6.92 Å². The van der Waals surface area contributed by atoms with E-state index < -0.39 is 18.0 Å². The molecule has 0 N–H and O–H groups in total. The van der Waals surface area contributed by atoms with Crippen molar-refractivity contribution in [3.05, 3.63) is 103 Å². The molecule has 1 atom stereocenters. The maximum absolute atomic E-state index is 13.7. The minimum atomic E-state index is -0.724. The molecule has 0 radical (unpaired) electrons. The Morgan fingerprint density at radius 3 is 2.59 bits per heavy atom. The summed E-state index contributed by atoms with van der Waals surface area (Å²) < 4.78 is 18.0. The molecule has 2 aromatic carbocycles. The fraction of sp³-hybridized carbons (Fsp3) is 0.214. The summed E-state index contributed by atoms with van der Waals surface area (Å²) in [4.78, 5) is 43.1. The van der Waals surface area contributed by atoms with Crippen molar-refractivity contribution in [1.29, 1.82) is 0 Å². The maximum Gasteiger partial charge on any atom is 0.338 e. The highest BCUT2D eigenvalue weighted by Gasteiger charge is 2.33. The molecule has 1 aliphatic heterocycles. The van der Waals surface area contributed by atoms with E-state index in [1.807, 2.05) is 12.1 Å². The topological polar surface area (TPSA) is 96.2 Å². The summed E-state index contributed by atoms with van der Waals surface area (Å²) in [7, 11) is 0. The Morgan fingerprint density at radius 2 is 1.92 bits per heavy atom. The Labute approximate surface area is 217 Å². The third kappa shape index (κ3) is 5.62. The van der Waals surface area contributed by atoms with Gasteiger partial charge in [-0.25, -0.2) is 9.79 Å². The van der Waals surface area contributed by atoms with Gasteiger partial charge in [0.05, 0.1) is 28.5 Å². The van der Waals surface area contributed by atoms with Crippen LogP contribution in [0.2, 0.25) is 0 Å². The molecule has 0 fully saturated rings. The van der Waals surface area contributed by atoms with Crippen LogP contribution in [0.25, 0.3) is 6.08 Å². The molecule has 190 valence electrons. The Bertz CT molecular complexity index is 1560. The molecule has 0 spiro atoms. The third-order valence-electron chi connectivity index (χ3n) is 5.50. The van der Waals surface area contributed by atoms with Crippen molar-refractivity contribution in [2.75, 3.05) is 13.2 Å². The number of fused-ring (bicyclic) bond motifs is 1. The molecule has 2 heterocycles. The van der Waals surface area contributed by atoms with Crippen molar-refractivity contribution < 1.29 is 23.8 Å². The first-order valence-corrected chi connectivity index (χ1v) is 12.5. The number of nitrogens with zero attached hydrogens (tertiary/aromatic N) is 2. The van der Waals surface area contributed by atoms with E-state index in [1.165, 1.54) is 22.8 Å². The molecule has 0 unspecified atom stereocenters. The number of rotatable bonds is 8. The Balaban J connectivity index is 1.85. The van der Waals surface area contributed by atoms with E-state index in [1.54, 1.807) is 62.4 Å². The van der Waals surface area contributed by atoms with Gasteiger partial charge in [0.2, 0.25) is 0 Å². The zero-order chi connectivity index (χ0) is 26.5. The van der Waals surface area contributed by atoms with Gasteiger partial charge in [0.15, 0.2) is 4.80 Å². The second kappa shape index (κ2) is 11.2. The number of aromatic nitrogens is 1. The van der Waals surface area contributed by atoms with E-state index in [2.05, 4.69) is 11.6 Å². The fourth-order valence-corrected chi connectivity index (χ4v) is 5.04. The summed E-state index contributed by atoms with van der Waals surface area (Å²) in [6.45, 7) is 9.00. The molecule has 4 rings (SSSR count). The van der Waals surface area contributed by atoms with Crippen LogP contribution in [0.3, 0.4) is 0 Å². The molecule has 9 heteroatoms. The van der Waals surface area contributed by atoms with Crippen molar-refractivity contribution in [2.24, 2.45) is 4.99 Å². The Kier molecular flexibility index (Phi) is 7.83. The van der Waals surface area contributed by atoms with Crippen LogP contribution in [-0.4, -0.2) is 29.7 Å². The number of carbonyl (C=O) groups excluding carboxylic acids is 2. The van der Waals surface area contributed by atoms with Gasteiger partial charge in [-0.1, -0.05) is 48.3 Å². The number of hydrogen-bond acceptors (Lipinski definition) is 8. The standard InChI is InChI=1S/C28H26N2O6S/c1-5-14-35-21-12-10-20(11-13-21)25-24(27(33)34-6-2)17(3)29-28-30(25)26(32)23(37-28)16-19-8-7-9-22(15-19)36-18(4)31/h5,7-13,15-16,25H,1,6,14H2,2-4H3/b23-16-/t25-/m0/s1. The first kappa shape index (κ1) is 25.8. The van der Waals surface area contributed by atoms with Gasteiger partial charge in [-0.2, -0.15) is 0 Å². The lowest BCUT2D eigenvalue weighted by Crippen LogP contribution is -2.39. The number of hydrogen-bond donors (Lipinski definition) is 0. The molecule has 0 bridgehead atoms. The molecular formula is C28H26N2O6S. The SMILES string of the molecule is C=CCOc1ccc([C@H]2C(C(=O)OCC)=C(C)N=c3s/c(=C\c4cccc(OC(C)=O)c4)c(=O)n32)cc1. The molecule has 3 aromatic rings. The highest BCUT2D eigenvalue weighted by molar-refractivity contribution is 7.07. The van der Waals surface area contributed by atoms with Crippen molar-refractivity contribution in [1.82, 2.24) is 4.57 Å². The second-order valence-corrected chi connectivity index (χ2v) is 9.15. The van der Waals surface area contributed by atoms with Crippen molar-refractivity contribution in [2.45, 2.75) is 26.8 Å². The zero-order valence-electron chi connectivity index (χ0n) is 20.7. The lowest BCUT2D eigenvalue weighted by molar-refractivity contribution is -0.139. The first-order chi connectivity index (χ1) is 17.8. The van der Waals surface area contributed by atoms with E-state index in [-0.39, 0.29) is 12.2 Å². The molecule has 37 heavy (non-hydrogen) atoms. The van der Waals surface area contributed by atoms with Crippen LogP contribution in [0, 0.1) is 0 Å². The number of allylic oxidation sites excluding steroid dienone is 1. The fourth-order valence-electron chi connectivity index (χ4n) is 3.99. The summed E-state index contributed by atoms with van der Waals surface area (Å²) >= 11 is 1.22. The molecule has 0 aliphatic carbocycles. The lowest BCUT2D eigenvalue weighted by atomic mass is 9.96. The number of carbonyl (C=O) groups is 2. The molecule has 0 saturated carbocycles. The van der Waals surface area contributed by atoms with Crippen molar-refractivity contribution in [3.63, 3.8) is 0 Å². The monoisotopic (exact) mass is 518 g/mol. The van der Waals surface area contributed by atoms with Crippen LogP contribution in [-0.2, 0) is 14.3 Å². The summed E-state index contributed by atoms with van der Waals surface area (Å²) in [5.74, 6) is 0.0664. The number of benzene rings is 2. The quantitative estimate of drug-likeness (QED) is 0.258. The van der Waals surface area contributed by atoms with Crippen LogP contribution >= 0.6 is 11.3 Å². The summed E-state index contributed by atoms with van der Waals surface area (Å²) in [6.07, 6.45) is 3.36. The Morgan fingerprint density at radius 1 is 1.16 bits per heavy atom. The Hall–Kier alpha value is -4.24. The maximum atomic E-state index is 13.7. The average molecular weight is 519 g/mol. The first-order valence-electron chi connectivity index (χ1n) is 11.6. The third-order valence-corrected chi connectivity index (χ3v) is 6.48. The van der Waals surface area contributed by atoms with Gasteiger partial charge < -0.3 is 14.2 Å². The zero-order valence-corrected chi connectivity index (χ0v) is 21.5.